The molecule has 0 aromatic heterocycles. The first kappa shape index (κ1) is 13.0. The highest BCUT2D eigenvalue weighted by atomic mass is 19.2. The summed E-state index contributed by atoms with van der Waals surface area (Å²) in [5, 5.41) is 12.9. The van der Waals surface area contributed by atoms with E-state index in [2.05, 4.69) is 5.11 Å². The van der Waals surface area contributed by atoms with Crippen molar-refractivity contribution < 1.29 is 22.5 Å². The fourth-order valence-corrected chi connectivity index (χ4v) is 1.22. The van der Waals surface area contributed by atoms with Crippen molar-refractivity contribution in [1.29, 1.82) is 0 Å². The second-order valence-corrected chi connectivity index (χ2v) is 3.28. The molecule has 10 heteroatoms. The molecule has 17 heavy (non-hydrogen) atoms. The van der Waals surface area contributed by atoms with Crippen LogP contribution in [0.4, 0.5) is 17.6 Å². The zero-order valence-corrected chi connectivity index (χ0v) is 8.19. The summed E-state index contributed by atoms with van der Waals surface area (Å²) in [6.07, 6.45) is -3.07. The van der Waals surface area contributed by atoms with Crippen LogP contribution in [0, 0.1) is 10.1 Å². The standard InChI is InChI=1S/C7H4F4N4O2/c1-7(15(16)17)5(10)2(8)4(13-14-12)3(9)6(7)11/h5H,1H3. The summed E-state index contributed by atoms with van der Waals surface area (Å²) in [5.41, 5.74) is 3.21. The summed E-state index contributed by atoms with van der Waals surface area (Å²) in [4.78, 5) is 11.0. The number of hydrogen-bond acceptors (Lipinski definition) is 3. The van der Waals surface area contributed by atoms with Crippen molar-refractivity contribution >= 4 is 0 Å². The maximum Gasteiger partial charge on any atom is 0.309 e. The molecule has 0 aromatic rings. The van der Waals surface area contributed by atoms with Gasteiger partial charge < -0.3 is 0 Å². The lowest BCUT2D eigenvalue weighted by molar-refractivity contribution is -0.565. The quantitative estimate of drug-likeness (QED) is 0.189. The van der Waals surface area contributed by atoms with E-state index >= 15 is 0 Å². The van der Waals surface area contributed by atoms with Crippen LogP contribution in [-0.4, -0.2) is 16.6 Å². The maximum absolute atomic E-state index is 13.4. The molecule has 0 fully saturated rings. The highest BCUT2D eigenvalue weighted by molar-refractivity contribution is 5.41. The second-order valence-electron chi connectivity index (χ2n) is 3.28. The van der Waals surface area contributed by atoms with E-state index in [1.54, 1.807) is 0 Å². The lowest BCUT2D eigenvalue weighted by Gasteiger charge is -2.26. The van der Waals surface area contributed by atoms with Gasteiger partial charge in [0.1, 0.15) is 5.70 Å². The largest absolute Gasteiger partial charge is 0.309 e. The Balaban J connectivity index is 3.55. The summed E-state index contributed by atoms with van der Waals surface area (Å²) < 4.78 is 53.1. The fraction of sp³-hybridized carbons (Fsp3) is 0.429. The van der Waals surface area contributed by atoms with Crippen LogP contribution in [-0.2, 0) is 0 Å². The Morgan fingerprint density at radius 1 is 1.53 bits per heavy atom. The molecular weight excluding hydrogens is 248 g/mol. The number of hydrogen-bond donors (Lipinski definition) is 0. The molecular formula is C7H4F4N4O2. The second kappa shape index (κ2) is 4.06. The Morgan fingerprint density at radius 3 is 2.47 bits per heavy atom. The predicted octanol–water partition coefficient (Wildman–Crippen LogP) is 3.02. The van der Waals surface area contributed by atoms with Crippen LogP contribution in [0.25, 0.3) is 10.4 Å². The fourth-order valence-electron chi connectivity index (χ4n) is 1.22. The van der Waals surface area contributed by atoms with Gasteiger partial charge in [-0.05, 0) is 5.53 Å². The molecule has 0 saturated heterocycles. The van der Waals surface area contributed by atoms with Gasteiger partial charge in [0.05, 0.1) is 0 Å². The molecule has 1 aliphatic carbocycles. The molecule has 0 saturated carbocycles. The summed E-state index contributed by atoms with van der Waals surface area (Å²) in [7, 11) is 0. The van der Waals surface area contributed by atoms with Gasteiger partial charge in [-0.1, -0.05) is 5.11 Å². The van der Waals surface area contributed by atoms with Crippen LogP contribution >= 0.6 is 0 Å². The minimum Gasteiger partial charge on any atom is -0.263 e. The van der Waals surface area contributed by atoms with E-state index in [9.17, 15) is 27.7 Å². The third kappa shape index (κ3) is 1.62. The first-order valence-corrected chi connectivity index (χ1v) is 4.07. The van der Waals surface area contributed by atoms with Crippen molar-refractivity contribution in [3.05, 3.63) is 43.7 Å². The van der Waals surface area contributed by atoms with Crippen LogP contribution in [0.5, 0.6) is 0 Å². The molecule has 0 N–H and O–H groups in total. The molecule has 2 atom stereocenters. The van der Waals surface area contributed by atoms with Crippen LogP contribution in [0.1, 0.15) is 6.92 Å². The lowest BCUT2D eigenvalue weighted by atomic mass is 9.88. The Hall–Kier alpha value is -2.09. The first-order valence-electron chi connectivity index (χ1n) is 4.07. The molecule has 1 aliphatic rings. The topological polar surface area (TPSA) is 91.9 Å². The monoisotopic (exact) mass is 252 g/mol. The van der Waals surface area contributed by atoms with Gasteiger partial charge in [0, 0.05) is 16.8 Å². The van der Waals surface area contributed by atoms with Crippen molar-refractivity contribution in [2.45, 2.75) is 18.6 Å². The minimum absolute atomic E-state index is 0.388. The van der Waals surface area contributed by atoms with Crippen molar-refractivity contribution in [1.82, 2.24) is 0 Å². The number of alkyl halides is 1. The Labute approximate surface area is 91.0 Å². The van der Waals surface area contributed by atoms with E-state index < -0.39 is 39.8 Å². The molecule has 0 spiro atoms. The predicted molar refractivity (Wildman–Crippen MR) is 46.8 cm³/mol. The van der Waals surface area contributed by atoms with Crippen LogP contribution in [0.3, 0.4) is 0 Å². The molecule has 0 aromatic carbocycles. The molecule has 92 valence electrons. The number of rotatable bonds is 2. The maximum atomic E-state index is 13.4. The number of allylic oxidation sites excluding steroid dienone is 1. The van der Waals surface area contributed by atoms with Crippen LogP contribution in [0.2, 0.25) is 0 Å². The van der Waals surface area contributed by atoms with Gasteiger partial charge in [0.2, 0.25) is 12.0 Å². The van der Waals surface area contributed by atoms with Crippen molar-refractivity contribution in [3.63, 3.8) is 0 Å². The molecule has 0 amide bonds. The number of nitrogens with zero attached hydrogens (tertiary/aromatic N) is 4. The number of halogens is 4. The van der Waals surface area contributed by atoms with Crippen molar-refractivity contribution in [3.8, 4) is 0 Å². The van der Waals surface area contributed by atoms with Crippen molar-refractivity contribution in [2.75, 3.05) is 0 Å². The zero-order chi connectivity index (χ0) is 13.4. The van der Waals surface area contributed by atoms with Gasteiger partial charge in [-0.3, -0.25) is 10.1 Å². The normalized spacial score (nSPS) is 29.1. The minimum atomic E-state index is -3.21. The average Bonchev–Trinajstić information content (AvgIpc) is 2.29. The van der Waals surface area contributed by atoms with E-state index in [0.29, 0.717) is 6.92 Å². The van der Waals surface area contributed by atoms with E-state index in [0.717, 1.165) is 0 Å². The van der Waals surface area contributed by atoms with Gasteiger partial charge >= 0.3 is 5.54 Å². The van der Waals surface area contributed by atoms with E-state index in [1.807, 2.05) is 4.91 Å². The van der Waals surface area contributed by atoms with Gasteiger partial charge in [-0.2, -0.15) is 0 Å². The zero-order valence-electron chi connectivity index (χ0n) is 8.19. The van der Waals surface area contributed by atoms with E-state index in [1.165, 1.54) is 0 Å². The van der Waals surface area contributed by atoms with E-state index in [4.69, 9.17) is 5.53 Å². The summed E-state index contributed by atoms with van der Waals surface area (Å²) >= 11 is 0. The summed E-state index contributed by atoms with van der Waals surface area (Å²) in [6.45, 7) is 0.388. The lowest BCUT2D eigenvalue weighted by Crippen LogP contribution is -2.48. The summed E-state index contributed by atoms with van der Waals surface area (Å²) in [5.74, 6) is -6.21. The molecule has 0 bridgehead atoms. The van der Waals surface area contributed by atoms with E-state index in [-0.39, 0.29) is 0 Å². The number of azide groups is 1. The summed E-state index contributed by atoms with van der Waals surface area (Å²) in [6, 6.07) is 0. The number of nitro groups is 1. The third-order valence-electron chi connectivity index (χ3n) is 2.31. The molecule has 0 aliphatic heterocycles. The first-order chi connectivity index (χ1) is 7.78. The van der Waals surface area contributed by atoms with Crippen LogP contribution in [0.15, 0.2) is 28.3 Å². The Morgan fingerprint density at radius 2 is 2.06 bits per heavy atom. The SMILES string of the molecule is CC1([N+](=O)[O-])C(F)=C(F)C(N=[N+]=[N-])=C(F)C1F. The Kier molecular flexibility index (Phi) is 3.10. The van der Waals surface area contributed by atoms with Gasteiger partial charge in [0.25, 0.3) is 0 Å². The molecule has 2 unspecified atom stereocenters. The highest BCUT2D eigenvalue weighted by Gasteiger charge is 2.59. The van der Waals surface area contributed by atoms with Gasteiger partial charge in [-0.15, -0.1) is 0 Å². The molecule has 0 radical (unpaired) electrons. The third-order valence-corrected chi connectivity index (χ3v) is 2.31. The molecule has 1 rings (SSSR count). The molecule has 6 nitrogen and oxygen atoms in total. The highest BCUT2D eigenvalue weighted by Crippen LogP contribution is 2.43. The van der Waals surface area contributed by atoms with Crippen molar-refractivity contribution in [2.24, 2.45) is 5.11 Å². The average molecular weight is 252 g/mol. The van der Waals surface area contributed by atoms with Gasteiger partial charge in [-0.25, -0.2) is 17.6 Å². The van der Waals surface area contributed by atoms with Gasteiger partial charge in [0.15, 0.2) is 11.7 Å². The Bertz CT molecular complexity index is 496. The smallest absolute Gasteiger partial charge is 0.263 e. The van der Waals surface area contributed by atoms with Crippen LogP contribution < -0.4 is 0 Å². The molecule has 0 heterocycles.